The molecule has 0 aromatic heterocycles. The number of hydrogen-bond acceptors (Lipinski definition) is 10. The van der Waals surface area contributed by atoms with Gasteiger partial charge in [0.2, 0.25) is 0 Å². The first-order valence-corrected chi connectivity index (χ1v) is 22.7. The van der Waals surface area contributed by atoms with Crippen LogP contribution in [0.15, 0.2) is 0 Å². The molecule has 1 atom stereocenters. The molecule has 0 rings (SSSR count). The minimum atomic E-state index is -5.08. The third-order valence-electron chi connectivity index (χ3n) is 9.29. The highest BCUT2D eigenvalue weighted by Crippen LogP contribution is 2.39. The molecule has 13 nitrogen and oxygen atoms in total. The molecule has 0 spiro atoms. The van der Waals surface area contributed by atoms with Crippen molar-refractivity contribution in [3.8, 4) is 0 Å². The van der Waals surface area contributed by atoms with Crippen molar-refractivity contribution in [1.29, 1.82) is 0 Å². The fourth-order valence-electron chi connectivity index (χ4n) is 6.28. The topological polar surface area (TPSA) is 268 Å². The van der Waals surface area contributed by atoms with Crippen LogP contribution < -0.4 is 17.2 Å². The average molecular weight is 802 g/mol. The quantitative estimate of drug-likeness (QED) is 0.0227. The maximum Gasteiger partial charge on any atom is 0.325 e. The molecule has 1 unspecified atom stereocenters. The summed E-state index contributed by atoms with van der Waals surface area (Å²) in [5.74, 6) is -3.23. The smallest absolute Gasteiger partial charge is 0.325 e. The molecule has 0 aliphatic heterocycles. The SMILES string of the molecule is CCCCCCCCCCCCCCCC(CCCCCCCCCCCCCCC)(C(=O)O)C(C(=O)O)S(=O)(=O)O.NCCO.NCCO.NCCO. The van der Waals surface area contributed by atoms with Gasteiger partial charge in [-0.1, -0.05) is 181 Å². The molecule has 0 saturated heterocycles. The molecule has 0 aliphatic carbocycles. The Bertz CT molecular complexity index is 837. The number of aliphatic hydroxyl groups is 3. The van der Waals surface area contributed by atoms with Crippen molar-refractivity contribution in [1.82, 2.24) is 0 Å². The Morgan fingerprint density at radius 3 is 0.833 bits per heavy atom. The highest BCUT2D eigenvalue weighted by molar-refractivity contribution is 7.87. The van der Waals surface area contributed by atoms with Crippen LogP contribution in [0.3, 0.4) is 0 Å². The van der Waals surface area contributed by atoms with Crippen LogP contribution >= 0.6 is 0 Å². The first-order chi connectivity index (χ1) is 25.9. The number of unbranched alkanes of at least 4 members (excludes halogenated alkanes) is 24. The second-order valence-electron chi connectivity index (χ2n) is 14.2. The van der Waals surface area contributed by atoms with E-state index < -0.39 is 32.7 Å². The van der Waals surface area contributed by atoms with Gasteiger partial charge in [-0.25, -0.2) is 0 Å². The lowest BCUT2D eigenvalue weighted by atomic mass is 9.74. The van der Waals surface area contributed by atoms with Crippen molar-refractivity contribution in [2.24, 2.45) is 22.6 Å². The van der Waals surface area contributed by atoms with Gasteiger partial charge >= 0.3 is 11.9 Å². The van der Waals surface area contributed by atoms with E-state index in [0.717, 1.165) is 51.4 Å². The Morgan fingerprint density at radius 1 is 0.481 bits per heavy atom. The minimum absolute atomic E-state index is 0.0604. The summed E-state index contributed by atoms with van der Waals surface area (Å²) in [6.45, 7) is 5.86. The maximum atomic E-state index is 12.5. The average Bonchev–Trinajstić information content (AvgIpc) is 3.14. The van der Waals surface area contributed by atoms with Crippen molar-refractivity contribution in [2.75, 3.05) is 39.5 Å². The van der Waals surface area contributed by atoms with Crippen LogP contribution in [-0.2, 0) is 19.7 Å². The van der Waals surface area contributed by atoms with Crippen molar-refractivity contribution < 1.29 is 48.1 Å². The van der Waals surface area contributed by atoms with Crippen LogP contribution in [0, 0.1) is 5.41 Å². The van der Waals surface area contributed by atoms with E-state index in [1.807, 2.05) is 0 Å². The molecule has 14 heteroatoms. The van der Waals surface area contributed by atoms with Gasteiger partial charge in [-0.2, -0.15) is 8.42 Å². The van der Waals surface area contributed by atoms with E-state index in [-0.39, 0.29) is 32.7 Å². The van der Waals surface area contributed by atoms with E-state index in [1.54, 1.807) is 0 Å². The van der Waals surface area contributed by atoms with E-state index in [1.165, 1.54) is 103 Å². The third-order valence-corrected chi connectivity index (χ3v) is 10.5. The molecule has 0 radical (unpaired) electrons. The highest BCUT2D eigenvalue weighted by atomic mass is 32.2. The molecule has 54 heavy (non-hydrogen) atoms. The largest absolute Gasteiger partial charge is 0.481 e. The number of carboxylic acids is 2. The summed E-state index contributed by atoms with van der Waals surface area (Å²) in [7, 11) is -5.08. The van der Waals surface area contributed by atoms with Gasteiger partial charge in [-0.3, -0.25) is 14.1 Å². The molecule has 0 aliphatic rings. The van der Waals surface area contributed by atoms with Crippen molar-refractivity contribution in [2.45, 2.75) is 199 Å². The van der Waals surface area contributed by atoms with Gasteiger partial charge in [0.25, 0.3) is 10.1 Å². The Morgan fingerprint density at radius 2 is 0.685 bits per heavy atom. The zero-order valence-corrected chi connectivity index (χ0v) is 35.4. The first-order valence-electron chi connectivity index (χ1n) is 21.2. The molecule has 12 N–H and O–H groups in total. The zero-order valence-electron chi connectivity index (χ0n) is 34.6. The van der Waals surface area contributed by atoms with Gasteiger partial charge in [0.05, 0.1) is 25.2 Å². The Labute approximate surface area is 330 Å². The summed E-state index contributed by atoms with van der Waals surface area (Å²) in [5.41, 5.74) is 12.3. The van der Waals surface area contributed by atoms with E-state index in [4.69, 9.17) is 32.5 Å². The Balaban J connectivity index is -0.000000899. The summed E-state index contributed by atoms with van der Waals surface area (Å²) in [4.78, 5) is 24.4. The number of aliphatic carboxylic acids is 2. The lowest BCUT2D eigenvalue weighted by Gasteiger charge is -2.33. The second-order valence-corrected chi connectivity index (χ2v) is 15.7. The summed E-state index contributed by atoms with van der Waals surface area (Å²) < 4.78 is 34.0. The molecule has 0 fully saturated rings. The summed E-state index contributed by atoms with van der Waals surface area (Å²) >= 11 is 0. The monoisotopic (exact) mass is 802 g/mol. The van der Waals surface area contributed by atoms with Crippen LogP contribution in [0.4, 0.5) is 0 Å². The van der Waals surface area contributed by atoms with Gasteiger partial charge in [-0.05, 0) is 12.8 Å². The van der Waals surface area contributed by atoms with Gasteiger partial charge in [-0.15, -0.1) is 0 Å². The molecule has 0 amide bonds. The molecular weight excluding hydrogens is 715 g/mol. The van der Waals surface area contributed by atoms with Gasteiger partial charge in [0.15, 0.2) is 5.25 Å². The van der Waals surface area contributed by atoms with Crippen LogP contribution in [-0.4, -0.2) is 95.1 Å². The highest BCUT2D eigenvalue weighted by Gasteiger charge is 2.55. The molecule has 0 saturated carbocycles. The fraction of sp³-hybridized carbons (Fsp3) is 0.950. The number of rotatable bonds is 35. The number of nitrogens with two attached hydrogens (primary N) is 3. The Hall–Kier alpha value is -1.39. The van der Waals surface area contributed by atoms with Gasteiger partial charge in [0.1, 0.15) is 0 Å². The second kappa shape index (κ2) is 46.0. The molecule has 328 valence electrons. The number of carboxylic acid groups (broad SMARTS) is 2. The van der Waals surface area contributed by atoms with E-state index >= 15 is 0 Å². The standard InChI is InChI=1S/C34H66O7S.3C2H7NO/c1-3-5-7-9-11-13-15-17-19-21-23-25-27-29-34(33(37)38,31(32(35)36)42(39,40)41)30-28-26-24-22-20-18-16-14-12-10-8-6-4-2;3*3-1-2-4/h31H,3-30H2,1-2H3,(H,35,36)(H,37,38)(H,39,40,41);3*4H,1-3H2. The van der Waals surface area contributed by atoms with Crippen LogP contribution in [0.1, 0.15) is 194 Å². The number of hydrogen-bond donors (Lipinski definition) is 9. The third kappa shape index (κ3) is 40.3. The molecule has 0 heterocycles. The molecule has 0 aromatic rings. The molecule has 0 bridgehead atoms. The lowest BCUT2D eigenvalue weighted by Crippen LogP contribution is -2.51. The van der Waals surface area contributed by atoms with Crippen LogP contribution in [0.25, 0.3) is 0 Å². The normalized spacial score (nSPS) is 11.7. The van der Waals surface area contributed by atoms with Crippen LogP contribution in [0.5, 0.6) is 0 Å². The molecular formula is C40H87N3O10S. The minimum Gasteiger partial charge on any atom is -0.481 e. The predicted octanol–water partition coefficient (Wildman–Crippen LogP) is 7.17. The fourth-order valence-corrected chi connectivity index (χ4v) is 7.44. The summed E-state index contributed by atoms with van der Waals surface area (Å²) in [6, 6.07) is 0. The predicted molar refractivity (Wildman–Crippen MR) is 222 cm³/mol. The lowest BCUT2D eigenvalue weighted by molar-refractivity contribution is -0.156. The van der Waals surface area contributed by atoms with E-state index in [0.29, 0.717) is 32.5 Å². The maximum absolute atomic E-state index is 12.5. The van der Waals surface area contributed by atoms with Crippen LogP contribution in [0.2, 0.25) is 0 Å². The summed E-state index contributed by atoms with van der Waals surface area (Å²) in [5, 5.41) is 40.7. The van der Waals surface area contributed by atoms with Gasteiger partial charge in [0, 0.05) is 19.6 Å². The van der Waals surface area contributed by atoms with E-state index in [2.05, 4.69) is 13.8 Å². The van der Waals surface area contributed by atoms with Crippen molar-refractivity contribution in [3.63, 3.8) is 0 Å². The molecule has 0 aromatic carbocycles. The summed E-state index contributed by atoms with van der Waals surface area (Å²) in [6.07, 6.45) is 28.8. The number of aliphatic hydroxyl groups excluding tert-OH is 3. The Kier molecular flexibility index (Phi) is 50.5. The zero-order chi connectivity index (χ0) is 41.8. The number of carbonyl (C=O) groups is 2. The van der Waals surface area contributed by atoms with Crippen molar-refractivity contribution in [3.05, 3.63) is 0 Å². The van der Waals surface area contributed by atoms with Gasteiger partial charge < -0.3 is 42.7 Å². The van der Waals surface area contributed by atoms with Crippen molar-refractivity contribution >= 4 is 22.1 Å². The first kappa shape index (κ1) is 59.3. The van der Waals surface area contributed by atoms with E-state index in [9.17, 15) is 32.8 Å².